The zero-order chi connectivity index (χ0) is 22.8. The number of amides is 1. The number of benzene rings is 1. The number of rotatable bonds is 8. The van der Waals surface area contributed by atoms with E-state index in [2.05, 4.69) is 10.3 Å². The lowest BCUT2D eigenvalue weighted by atomic mass is 10.3. The average molecular weight is 484 g/mol. The van der Waals surface area contributed by atoms with Crippen molar-refractivity contribution >= 4 is 33.5 Å². The Hall–Kier alpha value is -2.69. The molecule has 0 unspecified atom stereocenters. The molecule has 1 aromatic carbocycles. The van der Waals surface area contributed by atoms with Crippen LogP contribution in [0.25, 0.3) is 5.69 Å². The van der Waals surface area contributed by atoms with Crippen LogP contribution in [-0.2, 0) is 14.8 Å². The Bertz CT molecular complexity index is 1230. The molecule has 1 saturated carbocycles. The minimum Gasteiger partial charge on any atom is -0.310 e. The van der Waals surface area contributed by atoms with Gasteiger partial charge in [0.15, 0.2) is 0 Å². The third-order valence-electron chi connectivity index (χ3n) is 5.76. The molecule has 1 amide bonds. The predicted octanol–water partition coefficient (Wildman–Crippen LogP) is 3.66. The van der Waals surface area contributed by atoms with E-state index in [1.165, 1.54) is 22.3 Å². The maximum atomic E-state index is 12.7. The van der Waals surface area contributed by atoms with Gasteiger partial charge in [-0.15, -0.1) is 0 Å². The highest BCUT2D eigenvalue weighted by atomic mass is 32.2. The summed E-state index contributed by atoms with van der Waals surface area (Å²) in [7, 11) is -3.49. The summed E-state index contributed by atoms with van der Waals surface area (Å²) in [6.07, 6.45) is 5.41. The second-order valence-electron chi connectivity index (χ2n) is 8.26. The number of hydrogen-bond donors (Lipinski definition) is 1. The van der Waals surface area contributed by atoms with E-state index in [0.717, 1.165) is 37.1 Å². The predicted molar refractivity (Wildman–Crippen MR) is 127 cm³/mol. The molecule has 2 aliphatic rings. The number of sulfonamides is 1. The quantitative estimate of drug-likeness (QED) is 0.491. The van der Waals surface area contributed by atoms with Gasteiger partial charge in [0.25, 0.3) is 0 Å². The Balaban J connectivity index is 1.23. The summed E-state index contributed by atoms with van der Waals surface area (Å²) < 4.78 is 28.5. The summed E-state index contributed by atoms with van der Waals surface area (Å²) in [5.74, 6) is 1.10. The number of aromatic nitrogens is 3. The summed E-state index contributed by atoms with van der Waals surface area (Å²) in [4.78, 5) is 17.1. The van der Waals surface area contributed by atoms with Crippen LogP contribution in [0.15, 0.2) is 64.6 Å². The van der Waals surface area contributed by atoms with Gasteiger partial charge in [-0.05, 0) is 49.9 Å². The number of carbonyl (C=O) groups excluding carboxylic acids is 1. The fourth-order valence-corrected chi connectivity index (χ4v) is 5.94. The van der Waals surface area contributed by atoms with Crippen LogP contribution in [0.3, 0.4) is 0 Å². The van der Waals surface area contributed by atoms with Crippen molar-refractivity contribution in [1.29, 1.82) is 0 Å². The molecule has 5 rings (SSSR count). The molecule has 172 valence electrons. The van der Waals surface area contributed by atoms with Crippen molar-refractivity contribution in [2.45, 2.75) is 41.5 Å². The second-order valence-corrected chi connectivity index (χ2v) is 11.2. The van der Waals surface area contributed by atoms with Crippen molar-refractivity contribution < 1.29 is 13.2 Å². The number of para-hydroxylation sites is 1. The number of carbonyl (C=O) groups is 1. The number of thioether (sulfide) groups is 1. The lowest BCUT2D eigenvalue weighted by Gasteiger charge is -2.15. The minimum absolute atomic E-state index is 0.157. The highest BCUT2D eigenvalue weighted by molar-refractivity contribution is 7.99. The van der Waals surface area contributed by atoms with Gasteiger partial charge in [-0.2, -0.15) is 9.40 Å². The zero-order valence-corrected chi connectivity index (χ0v) is 19.7. The molecule has 2 aromatic heterocycles. The molecule has 3 heterocycles. The molecule has 1 aliphatic carbocycles. The number of hydrogen-bond acceptors (Lipinski definition) is 6. The van der Waals surface area contributed by atoms with Crippen LogP contribution in [0.4, 0.5) is 5.82 Å². The van der Waals surface area contributed by atoms with E-state index in [1.807, 2.05) is 36.4 Å². The van der Waals surface area contributed by atoms with Crippen molar-refractivity contribution in [3.8, 4) is 5.69 Å². The van der Waals surface area contributed by atoms with Crippen LogP contribution in [0, 0.1) is 0 Å². The first kappa shape index (κ1) is 22.1. The highest BCUT2D eigenvalue weighted by Gasteiger charge is 2.28. The van der Waals surface area contributed by atoms with Crippen LogP contribution in [0.5, 0.6) is 0 Å². The molecule has 10 heteroatoms. The topological polar surface area (TPSA) is 97.2 Å². The summed E-state index contributed by atoms with van der Waals surface area (Å²) >= 11 is 1.27. The molecule has 0 atom stereocenters. The number of anilines is 1. The lowest BCUT2D eigenvalue weighted by molar-refractivity contribution is -0.113. The molecule has 1 aliphatic heterocycles. The first-order chi connectivity index (χ1) is 16.0. The normalized spacial score (nSPS) is 16.7. The summed E-state index contributed by atoms with van der Waals surface area (Å²) in [6.45, 7) is 1.11. The monoisotopic (exact) mass is 483 g/mol. The van der Waals surface area contributed by atoms with Crippen LogP contribution in [-0.4, -0.2) is 52.2 Å². The number of nitrogens with one attached hydrogen (secondary N) is 1. The van der Waals surface area contributed by atoms with Gasteiger partial charge in [0.1, 0.15) is 10.7 Å². The van der Waals surface area contributed by atoms with E-state index in [1.54, 1.807) is 16.8 Å². The van der Waals surface area contributed by atoms with Gasteiger partial charge >= 0.3 is 0 Å². The van der Waals surface area contributed by atoms with E-state index in [9.17, 15) is 13.2 Å². The Labute approximate surface area is 197 Å². The first-order valence-electron chi connectivity index (χ1n) is 11.0. The molecule has 1 N–H and O–H groups in total. The van der Waals surface area contributed by atoms with Crippen LogP contribution in [0.2, 0.25) is 0 Å². The molecule has 2 fully saturated rings. The SMILES string of the molecule is O=C(CSc1ccc(S(=O)(=O)N2CCCC2)cn1)Nc1cc(C2CC2)nn1-c1ccccc1. The molecule has 0 spiro atoms. The van der Waals surface area contributed by atoms with Gasteiger partial charge in [-0.25, -0.2) is 18.1 Å². The number of pyridine rings is 1. The highest BCUT2D eigenvalue weighted by Crippen LogP contribution is 2.40. The largest absolute Gasteiger partial charge is 0.310 e. The maximum Gasteiger partial charge on any atom is 0.244 e. The zero-order valence-electron chi connectivity index (χ0n) is 18.1. The Kier molecular flexibility index (Phi) is 6.22. The van der Waals surface area contributed by atoms with Crippen molar-refractivity contribution in [3.63, 3.8) is 0 Å². The van der Waals surface area contributed by atoms with Crippen LogP contribution in [0.1, 0.15) is 37.3 Å². The molecular formula is C23H25N5O3S2. The summed E-state index contributed by atoms with van der Waals surface area (Å²) in [6, 6.07) is 14.9. The molecule has 1 saturated heterocycles. The molecule has 0 bridgehead atoms. The second kappa shape index (κ2) is 9.28. The van der Waals surface area contributed by atoms with Gasteiger partial charge in [-0.1, -0.05) is 30.0 Å². The van der Waals surface area contributed by atoms with Crippen molar-refractivity contribution in [2.24, 2.45) is 0 Å². The van der Waals surface area contributed by atoms with E-state index in [-0.39, 0.29) is 16.6 Å². The molecular weight excluding hydrogens is 458 g/mol. The summed E-state index contributed by atoms with van der Waals surface area (Å²) in [5.41, 5.74) is 1.89. The van der Waals surface area contributed by atoms with E-state index < -0.39 is 10.0 Å². The Morgan fingerprint density at radius 3 is 2.52 bits per heavy atom. The smallest absolute Gasteiger partial charge is 0.244 e. The summed E-state index contributed by atoms with van der Waals surface area (Å²) in [5, 5.41) is 8.26. The van der Waals surface area contributed by atoms with Gasteiger partial charge in [0.05, 0.1) is 22.2 Å². The fourth-order valence-electron chi connectivity index (χ4n) is 3.83. The molecule has 8 nitrogen and oxygen atoms in total. The van der Waals surface area contributed by atoms with E-state index in [0.29, 0.717) is 29.9 Å². The Morgan fingerprint density at radius 1 is 1.09 bits per heavy atom. The standard InChI is InChI=1S/C23H25N5O3S2/c29-22(16-32-23-11-10-19(15-24-23)33(30,31)27-12-4-5-13-27)25-21-14-20(17-8-9-17)26-28(21)18-6-2-1-3-7-18/h1-3,6-7,10-11,14-15,17H,4-5,8-9,12-13,16H2,(H,25,29). The van der Waals surface area contributed by atoms with Crippen molar-refractivity contribution in [1.82, 2.24) is 19.1 Å². The van der Waals surface area contributed by atoms with Crippen LogP contribution < -0.4 is 5.32 Å². The Morgan fingerprint density at radius 2 is 1.85 bits per heavy atom. The number of nitrogens with zero attached hydrogens (tertiary/aromatic N) is 4. The van der Waals surface area contributed by atoms with Gasteiger partial charge in [0.2, 0.25) is 15.9 Å². The third-order valence-corrected chi connectivity index (χ3v) is 8.58. The minimum atomic E-state index is -3.49. The van der Waals surface area contributed by atoms with Crippen LogP contribution >= 0.6 is 11.8 Å². The molecule has 3 aromatic rings. The van der Waals surface area contributed by atoms with Gasteiger partial charge in [0, 0.05) is 31.3 Å². The average Bonchev–Trinajstić information content (AvgIpc) is 3.35. The molecule has 0 radical (unpaired) electrons. The van der Waals surface area contributed by atoms with E-state index >= 15 is 0 Å². The van der Waals surface area contributed by atoms with Gasteiger partial charge < -0.3 is 5.32 Å². The first-order valence-corrected chi connectivity index (χ1v) is 13.5. The third kappa shape index (κ3) is 4.97. The fraction of sp³-hybridized carbons (Fsp3) is 0.348. The van der Waals surface area contributed by atoms with Crippen molar-refractivity contribution in [3.05, 3.63) is 60.4 Å². The van der Waals surface area contributed by atoms with E-state index in [4.69, 9.17) is 5.10 Å². The molecule has 33 heavy (non-hydrogen) atoms. The van der Waals surface area contributed by atoms with Gasteiger partial charge in [-0.3, -0.25) is 4.79 Å². The van der Waals surface area contributed by atoms with Crippen molar-refractivity contribution in [2.75, 3.05) is 24.2 Å². The maximum absolute atomic E-state index is 12.7. The lowest BCUT2D eigenvalue weighted by Crippen LogP contribution is -2.27.